The summed E-state index contributed by atoms with van der Waals surface area (Å²) in [6, 6.07) is 45.5. The van der Waals surface area contributed by atoms with Gasteiger partial charge in [0.1, 0.15) is 0 Å². The summed E-state index contributed by atoms with van der Waals surface area (Å²) in [5.41, 5.74) is 2.55. The van der Waals surface area contributed by atoms with Crippen LogP contribution in [0.5, 0.6) is 0 Å². The van der Waals surface area contributed by atoms with Crippen molar-refractivity contribution in [1.82, 2.24) is 0 Å². The molecule has 0 fully saturated rings. The molecule has 5 aromatic rings. The quantitative estimate of drug-likeness (QED) is 0.298. The second kappa shape index (κ2) is 18.4. The average Bonchev–Trinajstić information content (AvgIpc) is 3.51. The molecule has 0 aliphatic carbocycles. The fourth-order valence-electron chi connectivity index (χ4n) is 2.65. The van der Waals surface area contributed by atoms with Crippen molar-refractivity contribution in [3.8, 4) is 11.1 Å². The Labute approximate surface area is 211 Å². The summed E-state index contributed by atoms with van der Waals surface area (Å²) in [5.74, 6) is 0. The van der Waals surface area contributed by atoms with Crippen LogP contribution in [0.1, 0.15) is 0 Å². The molecule has 0 saturated carbocycles. The molecule has 0 heterocycles. The van der Waals surface area contributed by atoms with Crippen molar-refractivity contribution in [2.24, 2.45) is 0 Å². The van der Waals surface area contributed by atoms with Crippen LogP contribution >= 0.6 is 0 Å². The Morgan fingerprint density at radius 3 is 1.45 bits per heavy atom. The number of halogens is 2. The molecule has 0 aliphatic heterocycles. The predicted molar refractivity (Wildman–Crippen MR) is 119 cm³/mol. The van der Waals surface area contributed by atoms with Crippen LogP contribution in [0.15, 0.2) is 133 Å². The summed E-state index contributed by atoms with van der Waals surface area (Å²) in [5, 5.41) is 2.66. The zero-order valence-electron chi connectivity index (χ0n) is 16.9. The van der Waals surface area contributed by atoms with E-state index in [0.29, 0.717) is 0 Å². The topological polar surface area (TPSA) is 17.1 Å². The summed E-state index contributed by atoms with van der Waals surface area (Å²) in [4.78, 5) is 8.72. The van der Waals surface area contributed by atoms with E-state index in [1.54, 1.807) is 3.57 Å². The maximum atomic E-state index is 8.72. The maximum Gasteiger partial charge on any atom is -0.0184 e. The van der Waals surface area contributed by atoms with Gasteiger partial charge in [-0.2, -0.15) is 35.7 Å². The first kappa shape index (κ1) is 28.7. The van der Waals surface area contributed by atoms with Gasteiger partial charge in [0.05, 0.1) is 0 Å². The van der Waals surface area contributed by atoms with Crippen molar-refractivity contribution < 1.29 is 53.8 Å². The van der Waals surface area contributed by atoms with Crippen LogP contribution in [0.4, 0.5) is 0 Å². The number of carbonyl (C=O) groups excluding carboxylic acids is 1. The molecular weight excluding hydrogens is 502 g/mol. The van der Waals surface area contributed by atoms with Crippen LogP contribution in [0, 0.1) is 0 Å². The molecular formula is C27H22Cl2OZr-2. The maximum absolute atomic E-state index is 8.72. The molecule has 0 bridgehead atoms. The molecule has 1 nitrogen and oxygen atoms in total. The second-order valence-electron chi connectivity index (χ2n) is 5.95. The van der Waals surface area contributed by atoms with E-state index in [0.717, 1.165) is 24.2 Å². The Morgan fingerprint density at radius 1 is 0.581 bits per heavy atom. The molecule has 0 saturated heterocycles. The fourth-order valence-corrected chi connectivity index (χ4v) is 2.65. The first-order valence-electron chi connectivity index (χ1n) is 9.26. The van der Waals surface area contributed by atoms with E-state index < -0.39 is 0 Å². The fraction of sp³-hybridized carbons (Fsp3) is 0. The zero-order chi connectivity index (χ0) is 20.6. The number of hydrogen-bond donors (Lipinski definition) is 0. The van der Waals surface area contributed by atoms with Crippen LogP contribution in [-0.2, 0) is 29.0 Å². The largest absolute Gasteiger partial charge is 1.00 e. The first-order valence-corrected chi connectivity index (χ1v) is 10.5. The summed E-state index contributed by atoms with van der Waals surface area (Å²) in [7, 11) is 0. The van der Waals surface area contributed by atoms with E-state index in [4.69, 9.17) is 4.79 Å². The van der Waals surface area contributed by atoms with Gasteiger partial charge in [0.25, 0.3) is 0 Å². The Kier molecular flexibility index (Phi) is 17.0. The summed E-state index contributed by atoms with van der Waals surface area (Å²) in [6.45, 7) is 0. The minimum atomic E-state index is 0. The molecule has 0 atom stereocenters. The molecule has 0 aliphatic rings. The monoisotopic (exact) mass is 522 g/mol. The average molecular weight is 525 g/mol. The van der Waals surface area contributed by atoms with Crippen LogP contribution in [0.3, 0.4) is 0 Å². The number of fused-ring (bicyclic) bond motifs is 1. The van der Waals surface area contributed by atoms with Gasteiger partial charge >= 0.3 is 32.6 Å². The van der Waals surface area contributed by atoms with Crippen molar-refractivity contribution in [2.45, 2.75) is 0 Å². The van der Waals surface area contributed by atoms with Crippen molar-refractivity contribution in [3.05, 3.63) is 133 Å². The van der Waals surface area contributed by atoms with Crippen molar-refractivity contribution >= 4 is 14.3 Å². The molecule has 0 N–H and O–H groups in total. The van der Waals surface area contributed by atoms with E-state index in [2.05, 4.69) is 91.0 Å². The first-order chi connectivity index (χ1) is 14.3. The Hall–Kier alpha value is -2.34. The number of benzene rings is 3. The summed E-state index contributed by atoms with van der Waals surface area (Å²) in [6.07, 6.45) is 0. The molecule has 0 aromatic heterocycles. The third-order valence-corrected chi connectivity index (χ3v) is 3.98. The van der Waals surface area contributed by atoms with Crippen molar-refractivity contribution in [2.75, 3.05) is 0 Å². The molecule has 156 valence electrons. The standard InChI is InChI=1S/C12H10.C9H7.C5H5.CO.2ClH.Zr/c1-3-7-11(8-4-1)12-9-5-2-6-10-12;1-2-5-9-7-3-6-8(9)4-1;1-2-4-5-3-1;1-2;;;/h1-10H;1-7H;1-5H;;2*1H;/q;2*-1;;;;+2/p-2. The van der Waals surface area contributed by atoms with E-state index >= 15 is 0 Å². The second-order valence-corrected chi connectivity index (χ2v) is 6.45. The van der Waals surface area contributed by atoms with Gasteiger partial charge in [-0.05, 0) is 11.1 Å². The molecule has 5 aromatic carbocycles. The van der Waals surface area contributed by atoms with Crippen LogP contribution < -0.4 is 24.8 Å². The van der Waals surface area contributed by atoms with Crippen LogP contribution in [0.25, 0.3) is 21.9 Å². The van der Waals surface area contributed by atoms with Gasteiger partial charge in [0.2, 0.25) is 0 Å². The van der Waals surface area contributed by atoms with Gasteiger partial charge < -0.3 is 24.8 Å². The normalized spacial score (nSPS) is 8.32. The van der Waals surface area contributed by atoms with Crippen molar-refractivity contribution in [1.29, 1.82) is 0 Å². The molecule has 31 heavy (non-hydrogen) atoms. The Morgan fingerprint density at radius 2 is 1.03 bits per heavy atom. The minimum Gasteiger partial charge on any atom is -1.00 e. The predicted octanol–water partition coefficient (Wildman–Crippen LogP) is 0.926. The van der Waals surface area contributed by atoms with Crippen LogP contribution in [-0.4, -0.2) is 3.57 Å². The molecule has 5 rings (SSSR count). The summed E-state index contributed by atoms with van der Waals surface area (Å²) >= 11 is 0.829. The molecule has 4 heteroatoms. The van der Waals surface area contributed by atoms with E-state index in [1.807, 2.05) is 42.5 Å². The number of hydrogen-bond acceptors (Lipinski definition) is 1. The smallest absolute Gasteiger partial charge is 0.0184 e. The molecule has 0 unspecified atom stereocenters. The van der Waals surface area contributed by atoms with Gasteiger partial charge in [0.15, 0.2) is 0 Å². The molecule has 0 radical (unpaired) electrons. The van der Waals surface area contributed by atoms with Gasteiger partial charge in [-0.25, -0.2) is 12.1 Å². The van der Waals surface area contributed by atoms with Gasteiger partial charge in [-0.15, -0.1) is 29.7 Å². The van der Waals surface area contributed by atoms with E-state index in [1.165, 1.54) is 21.9 Å². The van der Waals surface area contributed by atoms with Crippen molar-refractivity contribution in [3.63, 3.8) is 0 Å². The van der Waals surface area contributed by atoms with Gasteiger partial charge in [-0.1, -0.05) is 66.7 Å². The SMILES string of the molecule is O=[C]=[Zr+2].[Cl-].[Cl-].c1cc[cH-]c1.c1ccc(-c2ccccc2)cc1.c1ccc2[cH-]ccc2c1. The van der Waals surface area contributed by atoms with E-state index in [-0.39, 0.29) is 24.8 Å². The minimum absolute atomic E-state index is 0. The Bertz CT molecular complexity index is 981. The van der Waals surface area contributed by atoms with Gasteiger partial charge in [-0.3, -0.25) is 0 Å². The Balaban J connectivity index is 0.000000421. The molecule has 0 spiro atoms. The third kappa shape index (κ3) is 11.6. The van der Waals surface area contributed by atoms with Gasteiger partial charge in [0, 0.05) is 0 Å². The molecule has 0 amide bonds. The zero-order valence-corrected chi connectivity index (χ0v) is 20.8. The summed E-state index contributed by atoms with van der Waals surface area (Å²) < 4.78 is 1.59. The third-order valence-electron chi connectivity index (χ3n) is 3.98. The van der Waals surface area contributed by atoms with Crippen LogP contribution in [0.2, 0.25) is 0 Å². The van der Waals surface area contributed by atoms with E-state index in [9.17, 15) is 0 Å². The number of rotatable bonds is 1.